The first-order chi connectivity index (χ1) is 6.49. The summed E-state index contributed by atoms with van der Waals surface area (Å²) in [5, 5.41) is 3.33. The summed E-state index contributed by atoms with van der Waals surface area (Å²) in [5.74, 6) is 1.52. The van der Waals surface area contributed by atoms with Gasteiger partial charge in [0, 0.05) is 12.0 Å². The lowest BCUT2D eigenvalue weighted by atomic mass is 9.99. The Hall–Kier alpha value is -0.0200. The molecule has 0 bridgehead atoms. The lowest BCUT2D eigenvalue weighted by Gasteiger charge is -2.21. The van der Waals surface area contributed by atoms with Gasteiger partial charge >= 0.3 is 0 Å². The topological polar surface area (TPSA) is 29.1 Å². The Morgan fingerprint density at radius 2 is 1.86 bits per heavy atom. The molecule has 0 spiro atoms. The van der Waals surface area contributed by atoms with Crippen LogP contribution in [0.2, 0.25) is 0 Å². The third-order valence-corrected chi connectivity index (χ3v) is 2.70. The van der Waals surface area contributed by atoms with Crippen molar-refractivity contribution in [2.24, 2.45) is 5.92 Å². The summed E-state index contributed by atoms with van der Waals surface area (Å²) < 4.78 is 0. The maximum absolute atomic E-state index is 11.8. The molecule has 2 nitrogen and oxygen atoms in total. The van der Waals surface area contributed by atoms with Gasteiger partial charge in [-0.1, -0.05) is 27.7 Å². The highest BCUT2D eigenvalue weighted by Crippen LogP contribution is 2.08. The largest absolute Gasteiger partial charge is 0.305 e. The molecule has 0 aromatic rings. The molecule has 0 aromatic heterocycles. The molecule has 0 heterocycles. The quantitative estimate of drug-likeness (QED) is 0.709. The predicted octanol–water partition coefficient (Wildman–Crippen LogP) is 2.33. The van der Waals surface area contributed by atoms with Gasteiger partial charge in [-0.3, -0.25) is 4.79 Å². The number of ketones is 1. The molecule has 0 aliphatic heterocycles. The zero-order valence-corrected chi connectivity index (χ0v) is 10.8. The summed E-state index contributed by atoms with van der Waals surface area (Å²) in [6.07, 6.45) is 3.02. The van der Waals surface area contributed by atoms with Crippen LogP contribution in [0.25, 0.3) is 0 Å². The highest BCUT2D eigenvalue weighted by Gasteiger charge is 2.20. The highest BCUT2D eigenvalue weighted by molar-refractivity contribution is 7.98. The molecule has 1 N–H and O–H groups in total. The van der Waals surface area contributed by atoms with Gasteiger partial charge in [0.1, 0.15) is 0 Å². The molecular formula is C11H23NOS. The van der Waals surface area contributed by atoms with Crippen molar-refractivity contribution in [3.8, 4) is 0 Å². The van der Waals surface area contributed by atoms with Gasteiger partial charge < -0.3 is 5.32 Å². The molecule has 0 aliphatic carbocycles. The average molecular weight is 217 g/mol. The van der Waals surface area contributed by atoms with Crippen LogP contribution in [0.15, 0.2) is 0 Å². The molecule has 1 atom stereocenters. The van der Waals surface area contributed by atoms with Gasteiger partial charge in [-0.15, -0.1) is 0 Å². The van der Waals surface area contributed by atoms with E-state index < -0.39 is 0 Å². The third-order valence-electron chi connectivity index (χ3n) is 2.06. The molecular weight excluding hydrogens is 194 g/mol. The smallest absolute Gasteiger partial charge is 0.152 e. The zero-order valence-electron chi connectivity index (χ0n) is 9.96. The Labute approximate surface area is 92.2 Å². The molecule has 84 valence electrons. The Morgan fingerprint density at radius 1 is 1.29 bits per heavy atom. The standard InChI is InChI=1S/C11H23NOS/c1-8(2)11(13)10(6-7-14-5)12-9(3)4/h8-10,12H,6-7H2,1-5H3/t10-/m1/s1. The minimum atomic E-state index is 0.0439. The molecule has 0 amide bonds. The van der Waals surface area contributed by atoms with Gasteiger partial charge in [0.15, 0.2) is 5.78 Å². The van der Waals surface area contributed by atoms with E-state index in [1.54, 1.807) is 11.8 Å². The van der Waals surface area contributed by atoms with Crippen molar-refractivity contribution in [1.82, 2.24) is 5.32 Å². The van der Waals surface area contributed by atoms with Crippen molar-refractivity contribution in [2.45, 2.75) is 46.2 Å². The molecule has 0 rings (SSSR count). The van der Waals surface area contributed by atoms with E-state index in [9.17, 15) is 4.79 Å². The molecule has 3 heteroatoms. The summed E-state index contributed by atoms with van der Waals surface area (Å²) >= 11 is 1.79. The van der Waals surface area contributed by atoms with Gasteiger partial charge in [0.25, 0.3) is 0 Å². The normalized spacial score (nSPS) is 13.6. The van der Waals surface area contributed by atoms with Crippen molar-refractivity contribution in [3.63, 3.8) is 0 Å². The summed E-state index contributed by atoms with van der Waals surface area (Å²) in [4.78, 5) is 11.8. The maximum atomic E-state index is 11.8. The van der Waals surface area contributed by atoms with Crippen LogP contribution in [0.5, 0.6) is 0 Å². The zero-order chi connectivity index (χ0) is 11.1. The SMILES string of the molecule is CSCC[C@@H](NC(C)C)C(=O)C(C)C. The van der Waals surface area contributed by atoms with Crippen molar-refractivity contribution in [3.05, 3.63) is 0 Å². The van der Waals surface area contributed by atoms with E-state index in [4.69, 9.17) is 0 Å². The predicted molar refractivity (Wildman–Crippen MR) is 64.9 cm³/mol. The van der Waals surface area contributed by atoms with E-state index in [2.05, 4.69) is 25.4 Å². The first-order valence-corrected chi connectivity index (χ1v) is 6.67. The van der Waals surface area contributed by atoms with Gasteiger partial charge in [-0.25, -0.2) is 0 Å². The molecule has 0 saturated carbocycles. The number of carbonyl (C=O) groups is 1. The second kappa shape index (κ2) is 7.30. The summed E-state index contributed by atoms with van der Waals surface area (Å²) in [7, 11) is 0. The van der Waals surface area contributed by atoms with Gasteiger partial charge in [0.2, 0.25) is 0 Å². The Kier molecular flexibility index (Phi) is 7.28. The number of Topliss-reactive ketones (excluding diaryl/α,β-unsaturated/α-hetero) is 1. The van der Waals surface area contributed by atoms with E-state index in [0.29, 0.717) is 11.8 Å². The van der Waals surface area contributed by atoms with E-state index in [1.165, 1.54) is 0 Å². The second-order valence-corrected chi connectivity index (χ2v) is 5.20. The fourth-order valence-corrected chi connectivity index (χ4v) is 1.82. The first-order valence-electron chi connectivity index (χ1n) is 5.27. The molecule has 0 aliphatic rings. The van der Waals surface area contributed by atoms with Crippen LogP contribution in [-0.4, -0.2) is 29.9 Å². The fourth-order valence-electron chi connectivity index (χ4n) is 1.35. The van der Waals surface area contributed by atoms with Crippen molar-refractivity contribution in [2.75, 3.05) is 12.0 Å². The Balaban J connectivity index is 4.15. The van der Waals surface area contributed by atoms with Crippen LogP contribution >= 0.6 is 11.8 Å². The van der Waals surface area contributed by atoms with Crippen molar-refractivity contribution in [1.29, 1.82) is 0 Å². The lowest BCUT2D eigenvalue weighted by molar-refractivity contribution is -0.124. The van der Waals surface area contributed by atoms with E-state index in [-0.39, 0.29) is 12.0 Å². The van der Waals surface area contributed by atoms with Crippen molar-refractivity contribution >= 4 is 17.5 Å². The number of hydrogen-bond donors (Lipinski definition) is 1. The van der Waals surface area contributed by atoms with Gasteiger partial charge in [-0.05, 0) is 18.4 Å². The minimum Gasteiger partial charge on any atom is -0.305 e. The fraction of sp³-hybridized carbons (Fsp3) is 0.909. The van der Waals surface area contributed by atoms with Gasteiger partial charge in [0.05, 0.1) is 6.04 Å². The number of hydrogen-bond acceptors (Lipinski definition) is 3. The van der Waals surface area contributed by atoms with Crippen LogP contribution in [0.1, 0.15) is 34.1 Å². The minimum absolute atomic E-state index is 0.0439. The van der Waals surface area contributed by atoms with Crippen LogP contribution in [0, 0.1) is 5.92 Å². The lowest BCUT2D eigenvalue weighted by Crippen LogP contribution is -2.43. The maximum Gasteiger partial charge on any atom is 0.152 e. The van der Waals surface area contributed by atoms with E-state index in [0.717, 1.165) is 12.2 Å². The monoisotopic (exact) mass is 217 g/mol. The molecule has 0 aromatic carbocycles. The summed E-state index contributed by atoms with van der Waals surface area (Å²) in [5.41, 5.74) is 0. The number of rotatable bonds is 7. The van der Waals surface area contributed by atoms with Crippen LogP contribution in [-0.2, 0) is 4.79 Å². The van der Waals surface area contributed by atoms with E-state index in [1.807, 2.05) is 13.8 Å². The third kappa shape index (κ3) is 5.66. The van der Waals surface area contributed by atoms with E-state index >= 15 is 0 Å². The van der Waals surface area contributed by atoms with Crippen LogP contribution in [0.4, 0.5) is 0 Å². The molecule has 0 saturated heterocycles. The summed E-state index contributed by atoms with van der Waals surface area (Å²) in [6.45, 7) is 8.10. The molecule has 0 unspecified atom stereocenters. The number of thioether (sulfide) groups is 1. The molecule has 0 fully saturated rings. The van der Waals surface area contributed by atoms with Gasteiger partial charge in [-0.2, -0.15) is 11.8 Å². The Bertz CT molecular complexity index is 169. The average Bonchev–Trinajstić information content (AvgIpc) is 2.10. The summed E-state index contributed by atoms with van der Waals surface area (Å²) in [6, 6.07) is 0.423. The van der Waals surface area contributed by atoms with Crippen LogP contribution < -0.4 is 5.32 Å². The molecule has 0 radical (unpaired) electrons. The number of carbonyl (C=O) groups excluding carboxylic acids is 1. The second-order valence-electron chi connectivity index (χ2n) is 4.21. The van der Waals surface area contributed by atoms with Crippen molar-refractivity contribution < 1.29 is 4.79 Å². The Morgan fingerprint density at radius 3 is 2.21 bits per heavy atom. The first kappa shape index (κ1) is 14.0. The number of nitrogens with one attached hydrogen (secondary N) is 1. The molecule has 14 heavy (non-hydrogen) atoms. The highest BCUT2D eigenvalue weighted by atomic mass is 32.2. The van der Waals surface area contributed by atoms with Crippen LogP contribution in [0.3, 0.4) is 0 Å².